The van der Waals surface area contributed by atoms with E-state index >= 15 is 0 Å². The molecule has 1 aromatic carbocycles. The number of alkyl halides is 3. The predicted octanol–water partition coefficient (Wildman–Crippen LogP) is 3.08. The summed E-state index contributed by atoms with van der Waals surface area (Å²) < 4.78 is 45.5. The number of benzene rings is 1. The molecule has 2 aromatic rings. The van der Waals surface area contributed by atoms with Crippen LogP contribution in [-0.4, -0.2) is 36.9 Å². The number of aromatic nitrogens is 1. The molecule has 120 valence electrons. The average Bonchev–Trinajstić information content (AvgIpc) is 2.80. The molecule has 0 bridgehead atoms. The van der Waals surface area contributed by atoms with E-state index in [-0.39, 0.29) is 0 Å². The standard InChI is InChI=1S/C14H15F3N2O3/c1-2-22-9-3-4-11-10(5-9)12(6-18-11)19-13(20)7-21-8-14(15,16)17/h3-6,18H,2,7-8H2,1H3,(H,19,20). The molecule has 22 heavy (non-hydrogen) atoms. The van der Waals surface area contributed by atoms with Gasteiger partial charge in [-0.25, -0.2) is 0 Å². The van der Waals surface area contributed by atoms with E-state index in [2.05, 4.69) is 15.0 Å². The Bertz CT molecular complexity index is 652. The first-order valence-corrected chi connectivity index (χ1v) is 6.57. The first-order valence-electron chi connectivity index (χ1n) is 6.57. The van der Waals surface area contributed by atoms with Crippen LogP contribution in [0.25, 0.3) is 10.9 Å². The molecule has 0 aliphatic carbocycles. The van der Waals surface area contributed by atoms with Crippen LogP contribution in [0.3, 0.4) is 0 Å². The Morgan fingerprint density at radius 1 is 1.36 bits per heavy atom. The predicted molar refractivity (Wildman–Crippen MR) is 75.0 cm³/mol. The fraction of sp³-hybridized carbons (Fsp3) is 0.357. The van der Waals surface area contributed by atoms with Crippen LogP contribution in [0.4, 0.5) is 18.9 Å². The Morgan fingerprint density at radius 2 is 2.14 bits per heavy atom. The number of carbonyl (C=O) groups excluding carboxylic acids is 1. The second-order valence-corrected chi connectivity index (χ2v) is 4.50. The molecule has 2 rings (SSSR count). The summed E-state index contributed by atoms with van der Waals surface area (Å²) in [7, 11) is 0. The smallest absolute Gasteiger partial charge is 0.411 e. The largest absolute Gasteiger partial charge is 0.494 e. The van der Waals surface area contributed by atoms with Gasteiger partial charge in [-0.3, -0.25) is 4.79 Å². The van der Waals surface area contributed by atoms with Crippen LogP contribution in [-0.2, 0) is 9.53 Å². The molecule has 2 N–H and O–H groups in total. The number of halogens is 3. The van der Waals surface area contributed by atoms with Crippen LogP contribution >= 0.6 is 0 Å². The van der Waals surface area contributed by atoms with Crippen molar-refractivity contribution in [2.75, 3.05) is 25.1 Å². The maximum Gasteiger partial charge on any atom is 0.411 e. The van der Waals surface area contributed by atoms with E-state index < -0.39 is 25.3 Å². The molecular formula is C14H15F3N2O3. The fourth-order valence-electron chi connectivity index (χ4n) is 1.91. The van der Waals surface area contributed by atoms with Gasteiger partial charge in [-0.1, -0.05) is 0 Å². The number of aromatic amines is 1. The Kier molecular flexibility index (Phi) is 4.92. The number of ether oxygens (including phenoxy) is 2. The maximum absolute atomic E-state index is 11.9. The minimum atomic E-state index is -4.45. The zero-order valence-corrected chi connectivity index (χ0v) is 11.8. The van der Waals surface area contributed by atoms with E-state index in [1.165, 1.54) is 0 Å². The van der Waals surface area contributed by atoms with Gasteiger partial charge in [0.15, 0.2) is 0 Å². The van der Waals surface area contributed by atoms with Crippen LogP contribution < -0.4 is 10.1 Å². The molecule has 1 amide bonds. The van der Waals surface area contributed by atoms with Crippen molar-refractivity contribution in [3.05, 3.63) is 24.4 Å². The fourth-order valence-corrected chi connectivity index (χ4v) is 1.91. The van der Waals surface area contributed by atoms with Gasteiger partial charge in [0, 0.05) is 17.1 Å². The molecule has 5 nitrogen and oxygen atoms in total. The number of amides is 1. The van der Waals surface area contributed by atoms with Crippen molar-refractivity contribution < 1.29 is 27.4 Å². The summed E-state index contributed by atoms with van der Waals surface area (Å²) in [5.74, 6) is -0.0228. The number of anilines is 1. The molecule has 0 saturated carbocycles. The molecule has 0 aliphatic heterocycles. The van der Waals surface area contributed by atoms with E-state index in [4.69, 9.17) is 4.74 Å². The first kappa shape index (κ1) is 16.2. The lowest BCUT2D eigenvalue weighted by atomic mass is 10.2. The summed E-state index contributed by atoms with van der Waals surface area (Å²) in [6.07, 6.45) is -2.89. The molecule has 0 fully saturated rings. The monoisotopic (exact) mass is 316 g/mol. The summed E-state index contributed by atoms with van der Waals surface area (Å²) in [5.41, 5.74) is 1.23. The van der Waals surface area contributed by atoms with E-state index in [0.717, 1.165) is 5.52 Å². The highest BCUT2D eigenvalue weighted by atomic mass is 19.4. The number of hydrogen-bond acceptors (Lipinski definition) is 3. The van der Waals surface area contributed by atoms with Crippen molar-refractivity contribution in [1.29, 1.82) is 0 Å². The molecule has 0 aliphatic rings. The van der Waals surface area contributed by atoms with Crippen LogP contribution in [0, 0.1) is 0 Å². The third-order valence-electron chi connectivity index (χ3n) is 2.74. The number of nitrogens with one attached hydrogen (secondary N) is 2. The van der Waals surface area contributed by atoms with E-state index in [0.29, 0.717) is 23.4 Å². The third-order valence-corrected chi connectivity index (χ3v) is 2.74. The average molecular weight is 316 g/mol. The van der Waals surface area contributed by atoms with Gasteiger partial charge in [0.1, 0.15) is 19.0 Å². The molecular weight excluding hydrogens is 301 g/mol. The minimum Gasteiger partial charge on any atom is -0.494 e. The maximum atomic E-state index is 11.9. The summed E-state index contributed by atoms with van der Waals surface area (Å²) in [4.78, 5) is 14.6. The van der Waals surface area contributed by atoms with Gasteiger partial charge in [0.2, 0.25) is 5.91 Å². The van der Waals surface area contributed by atoms with Gasteiger partial charge >= 0.3 is 6.18 Å². The third kappa shape index (κ3) is 4.39. The molecule has 0 spiro atoms. The van der Waals surface area contributed by atoms with E-state index in [1.807, 2.05) is 6.92 Å². The van der Waals surface area contributed by atoms with Gasteiger partial charge < -0.3 is 19.8 Å². The Hall–Kier alpha value is -2.22. The van der Waals surface area contributed by atoms with Gasteiger partial charge in [0.25, 0.3) is 0 Å². The lowest BCUT2D eigenvalue weighted by Gasteiger charge is -2.08. The summed E-state index contributed by atoms with van der Waals surface area (Å²) in [5, 5.41) is 3.21. The summed E-state index contributed by atoms with van der Waals surface area (Å²) in [6.45, 7) is 0.227. The lowest BCUT2D eigenvalue weighted by Crippen LogP contribution is -2.23. The normalized spacial score (nSPS) is 11.6. The molecule has 0 saturated heterocycles. The van der Waals surface area contributed by atoms with Gasteiger partial charge in [-0.15, -0.1) is 0 Å². The van der Waals surface area contributed by atoms with Crippen molar-refractivity contribution in [1.82, 2.24) is 4.98 Å². The van der Waals surface area contributed by atoms with Crippen molar-refractivity contribution in [2.45, 2.75) is 13.1 Å². The number of fused-ring (bicyclic) bond motifs is 1. The highest BCUT2D eigenvalue weighted by Crippen LogP contribution is 2.27. The molecule has 0 unspecified atom stereocenters. The van der Waals surface area contributed by atoms with Crippen LogP contribution in [0.15, 0.2) is 24.4 Å². The number of H-pyrrole nitrogens is 1. The quantitative estimate of drug-likeness (QED) is 0.861. The Morgan fingerprint density at radius 3 is 2.82 bits per heavy atom. The topological polar surface area (TPSA) is 63.3 Å². The molecule has 1 aromatic heterocycles. The second-order valence-electron chi connectivity index (χ2n) is 4.50. The SMILES string of the molecule is CCOc1ccc2[nH]cc(NC(=O)COCC(F)(F)F)c2c1. The Labute approximate surface area is 124 Å². The number of rotatable bonds is 6. The van der Waals surface area contributed by atoms with Gasteiger partial charge in [-0.05, 0) is 25.1 Å². The number of carbonyl (C=O) groups is 1. The zero-order valence-electron chi connectivity index (χ0n) is 11.8. The highest BCUT2D eigenvalue weighted by molar-refractivity contribution is 6.02. The molecule has 8 heteroatoms. The van der Waals surface area contributed by atoms with Crippen molar-refractivity contribution in [2.24, 2.45) is 0 Å². The lowest BCUT2D eigenvalue weighted by molar-refractivity contribution is -0.174. The van der Waals surface area contributed by atoms with Crippen LogP contribution in [0.5, 0.6) is 5.75 Å². The molecule has 1 heterocycles. The zero-order chi connectivity index (χ0) is 16.2. The van der Waals surface area contributed by atoms with Crippen molar-refractivity contribution in [3.63, 3.8) is 0 Å². The highest BCUT2D eigenvalue weighted by Gasteiger charge is 2.27. The minimum absolute atomic E-state index is 0.456. The van der Waals surface area contributed by atoms with E-state index in [9.17, 15) is 18.0 Å². The van der Waals surface area contributed by atoms with Gasteiger partial charge in [0.05, 0.1) is 12.3 Å². The molecule has 0 atom stereocenters. The summed E-state index contributed by atoms with van der Waals surface area (Å²) >= 11 is 0. The number of hydrogen-bond donors (Lipinski definition) is 2. The van der Waals surface area contributed by atoms with Gasteiger partial charge in [-0.2, -0.15) is 13.2 Å². The van der Waals surface area contributed by atoms with Crippen LogP contribution in [0.2, 0.25) is 0 Å². The second kappa shape index (κ2) is 6.69. The van der Waals surface area contributed by atoms with Crippen molar-refractivity contribution >= 4 is 22.5 Å². The Balaban J connectivity index is 2.01. The van der Waals surface area contributed by atoms with Crippen LogP contribution in [0.1, 0.15) is 6.92 Å². The first-order chi connectivity index (χ1) is 10.4. The summed E-state index contributed by atoms with van der Waals surface area (Å²) in [6, 6.07) is 5.30. The van der Waals surface area contributed by atoms with E-state index in [1.54, 1.807) is 24.4 Å². The van der Waals surface area contributed by atoms with Crippen molar-refractivity contribution in [3.8, 4) is 5.75 Å². The molecule has 0 radical (unpaired) electrons.